The lowest BCUT2D eigenvalue weighted by atomic mass is 9.64. The van der Waals surface area contributed by atoms with Gasteiger partial charge in [-0.25, -0.2) is 0 Å². The summed E-state index contributed by atoms with van der Waals surface area (Å²) in [6.07, 6.45) is 3.88. The zero-order valence-electron chi connectivity index (χ0n) is 16.8. The summed E-state index contributed by atoms with van der Waals surface area (Å²) in [6, 6.07) is 9.86. The topological polar surface area (TPSA) is 77.3 Å². The van der Waals surface area contributed by atoms with Crippen LogP contribution in [0.5, 0.6) is 0 Å². The van der Waals surface area contributed by atoms with Crippen molar-refractivity contribution in [3.8, 4) is 6.07 Å². The molecule has 1 N–H and O–H groups in total. The van der Waals surface area contributed by atoms with Gasteiger partial charge in [-0.15, -0.1) is 4.72 Å². The van der Waals surface area contributed by atoms with Crippen molar-refractivity contribution < 1.29 is 14.0 Å². The average Bonchev–Trinajstić information content (AvgIpc) is 3.08. The van der Waals surface area contributed by atoms with Crippen LogP contribution in [0.1, 0.15) is 58.4 Å². The van der Waals surface area contributed by atoms with Crippen LogP contribution in [0.15, 0.2) is 24.3 Å². The van der Waals surface area contributed by atoms with Crippen molar-refractivity contribution in [3.05, 3.63) is 34.9 Å². The normalized spacial score (nSPS) is 22.9. The van der Waals surface area contributed by atoms with Crippen molar-refractivity contribution in [1.82, 2.24) is 4.72 Å². The Morgan fingerprint density at radius 3 is 2.50 bits per heavy atom. The molecule has 0 bridgehead atoms. The largest absolute Gasteiger partial charge is 0.598 e. The number of halogens is 1. The summed E-state index contributed by atoms with van der Waals surface area (Å²) >= 11 is 4.94. The van der Waals surface area contributed by atoms with Gasteiger partial charge in [0.1, 0.15) is 4.75 Å². The molecule has 3 rings (SSSR count). The number of nitrogens with zero attached hydrogens (tertiary/aromatic N) is 1. The summed E-state index contributed by atoms with van der Waals surface area (Å²) in [5.74, 6) is -0.867. The summed E-state index contributed by atoms with van der Waals surface area (Å²) < 4.78 is 27.7. The first-order valence-electron chi connectivity index (χ1n) is 9.84. The molecule has 28 heavy (non-hydrogen) atoms. The molecular formula is C21H29ClN2O3S. The second-order valence-corrected chi connectivity index (χ2v) is 11.1. The van der Waals surface area contributed by atoms with Gasteiger partial charge in [0.25, 0.3) is 0 Å². The van der Waals surface area contributed by atoms with Crippen molar-refractivity contribution in [3.63, 3.8) is 0 Å². The van der Waals surface area contributed by atoms with Gasteiger partial charge in [0, 0.05) is 28.4 Å². The molecule has 2 aliphatic rings. The molecule has 0 aromatic heterocycles. The SMILES string of the molecule is CC(C)(C)[S@+]([O-])NC(CCC1(c2cccc(Cl)c2)OCCO1)C1(C#N)CCC1. The molecule has 154 valence electrons. The molecule has 1 aliphatic heterocycles. The third-order valence-electron chi connectivity index (χ3n) is 5.72. The quantitative estimate of drug-likeness (QED) is 0.655. The molecule has 1 aromatic carbocycles. The molecule has 5 nitrogen and oxygen atoms in total. The number of rotatable bonds is 7. The highest BCUT2D eigenvalue weighted by Gasteiger charge is 2.49. The van der Waals surface area contributed by atoms with E-state index >= 15 is 0 Å². The van der Waals surface area contributed by atoms with Crippen LogP contribution in [0.4, 0.5) is 0 Å². The molecule has 0 radical (unpaired) electrons. The minimum absolute atomic E-state index is 0.185. The molecule has 0 spiro atoms. The second kappa shape index (κ2) is 8.51. The van der Waals surface area contributed by atoms with Gasteiger partial charge >= 0.3 is 0 Å². The van der Waals surface area contributed by atoms with Crippen LogP contribution < -0.4 is 4.72 Å². The van der Waals surface area contributed by atoms with E-state index in [1.54, 1.807) is 0 Å². The van der Waals surface area contributed by atoms with Gasteiger partial charge in [0.2, 0.25) is 0 Å². The van der Waals surface area contributed by atoms with E-state index in [9.17, 15) is 9.81 Å². The molecule has 2 atom stereocenters. The van der Waals surface area contributed by atoms with Gasteiger partial charge in [-0.1, -0.05) is 30.2 Å². The first kappa shape index (κ1) is 21.9. The van der Waals surface area contributed by atoms with E-state index in [1.807, 2.05) is 45.0 Å². The van der Waals surface area contributed by atoms with Crippen LogP contribution in [0.2, 0.25) is 5.02 Å². The lowest BCUT2D eigenvalue weighted by molar-refractivity contribution is -0.173. The third-order valence-corrected chi connectivity index (χ3v) is 7.57. The predicted molar refractivity (Wildman–Crippen MR) is 111 cm³/mol. The van der Waals surface area contributed by atoms with E-state index < -0.39 is 27.3 Å². The van der Waals surface area contributed by atoms with E-state index in [2.05, 4.69) is 10.8 Å². The van der Waals surface area contributed by atoms with Gasteiger partial charge in [-0.3, -0.25) is 0 Å². The fourth-order valence-electron chi connectivity index (χ4n) is 3.82. The summed E-state index contributed by atoms with van der Waals surface area (Å²) in [4.78, 5) is 0. The molecule has 1 saturated heterocycles. The van der Waals surface area contributed by atoms with Crippen molar-refractivity contribution in [2.45, 2.75) is 69.5 Å². The van der Waals surface area contributed by atoms with Gasteiger partial charge < -0.3 is 14.0 Å². The predicted octanol–water partition coefficient (Wildman–Crippen LogP) is 4.43. The van der Waals surface area contributed by atoms with Gasteiger partial charge in [0.05, 0.1) is 30.7 Å². The maximum atomic E-state index is 12.8. The Bertz CT molecular complexity index is 721. The van der Waals surface area contributed by atoms with Crippen LogP contribution in [-0.2, 0) is 26.6 Å². The highest BCUT2D eigenvalue weighted by atomic mass is 35.5. The first-order valence-corrected chi connectivity index (χ1v) is 11.4. The van der Waals surface area contributed by atoms with Gasteiger partial charge in [0.15, 0.2) is 5.79 Å². The van der Waals surface area contributed by atoms with Crippen LogP contribution in [-0.4, -0.2) is 28.6 Å². The zero-order valence-corrected chi connectivity index (χ0v) is 18.4. The van der Waals surface area contributed by atoms with Gasteiger partial charge in [-0.2, -0.15) is 5.26 Å². The molecular weight excluding hydrogens is 396 g/mol. The van der Waals surface area contributed by atoms with E-state index in [4.69, 9.17) is 21.1 Å². The molecule has 1 unspecified atom stereocenters. The van der Waals surface area contributed by atoms with Crippen molar-refractivity contribution in [2.24, 2.45) is 5.41 Å². The second-order valence-electron chi connectivity index (χ2n) is 8.67. The molecule has 1 saturated carbocycles. The number of hydrogen-bond donors (Lipinski definition) is 1. The summed E-state index contributed by atoms with van der Waals surface area (Å²) in [5, 5.41) is 10.5. The monoisotopic (exact) mass is 424 g/mol. The molecule has 1 aliphatic carbocycles. The molecule has 0 amide bonds. The van der Waals surface area contributed by atoms with Crippen LogP contribution in [0.3, 0.4) is 0 Å². The van der Waals surface area contributed by atoms with E-state index in [-0.39, 0.29) is 6.04 Å². The molecule has 7 heteroatoms. The first-order chi connectivity index (χ1) is 13.2. The number of nitriles is 1. The van der Waals surface area contributed by atoms with Crippen LogP contribution in [0.25, 0.3) is 0 Å². The maximum Gasteiger partial charge on any atom is 0.195 e. The van der Waals surface area contributed by atoms with E-state index in [0.29, 0.717) is 31.1 Å². The average molecular weight is 425 g/mol. The van der Waals surface area contributed by atoms with E-state index in [1.165, 1.54) is 0 Å². The number of ether oxygens (including phenoxy) is 2. The lowest BCUT2D eigenvalue weighted by Gasteiger charge is -2.43. The fraction of sp³-hybridized carbons (Fsp3) is 0.667. The number of benzene rings is 1. The Kier molecular flexibility index (Phi) is 6.65. The minimum Gasteiger partial charge on any atom is -0.598 e. The molecule has 1 aromatic rings. The fourth-order valence-corrected chi connectivity index (χ4v) is 4.97. The maximum absolute atomic E-state index is 12.8. The van der Waals surface area contributed by atoms with Crippen molar-refractivity contribution in [2.75, 3.05) is 13.2 Å². The lowest BCUT2D eigenvalue weighted by Crippen LogP contribution is -2.54. The van der Waals surface area contributed by atoms with E-state index in [0.717, 1.165) is 24.8 Å². The Labute approximate surface area is 176 Å². The summed E-state index contributed by atoms with van der Waals surface area (Å²) in [7, 11) is 0. The highest BCUT2D eigenvalue weighted by Crippen LogP contribution is 2.47. The van der Waals surface area contributed by atoms with Gasteiger partial charge in [-0.05, 0) is 52.2 Å². The summed E-state index contributed by atoms with van der Waals surface area (Å²) in [5.41, 5.74) is 0.405. The zero-order chi connectivity index (χ0) is 20.4. The molecule has 2 fully saturated rings. The van der Waals surface area contributed by atoms with Crippen LogP contribution >= 0.6 is 11.6 Å². The Morgan fingerprint density at radius 1 is 1.32 bits per heavy atom. The smallest absolute Gasteiger partial charge is 0.195 e. The number of hydrogen-bond acceptors (Lipinski definition) is 5. The minimum atomic E-state index is -1.25. The highest BCUT2D eigenvalue weighted by molar-refractivity contribution is 7.90. The standard InChI is InChI=1S/C21H29ClN2O3S/c1-19(2,3)28(25)24-18(20(15-23)9-5-10-20)8-11-21(26-12-13-27-21)16-6-4-7-17(22)14-16/h4,6-7,14,18,24H,5,8-13H2,1-3H3/t18?,28-/m0/s1. The molecule has 1 heterocycles. The Morgan fingerprint density at radius 2 is 2.00 bits per heavy atom. The Balaban J connectivity index is 1.81. The third kappa shape index (κ3) is 4.51. The van der Waals surface area contributed by atoms with Crippen LogP contribution in [0, 0.1) is 16.7 Å². The van der Waals surface area contributed by atoms with Crippen molar-refractivity contribution in [1.29, 1.82) is 5.26 Å². The number of nitrogens with one attached hydrogen (secondary N) is 1. The summed E-state index contributed by atoms with van der Waals surface area (Å²) in [6.45, 7) is 6.83. The van der Waals surface area contributed by atoms with Crippen molar-refractivity contribution >= 4 is 23.0 Å². The Hall–Kier alpha value is -0.810.